The predicted molar refractivity (Wildman–Crippen MR) is 132 cm³/mol. The Bertz CT molecular complexity index is 1170. The summed E-state index contributed by atoms with van der Waals surface area (Å²) in [5, 5.41) is 2.05. The first-order valence-corrected chi connectivity index (χ1v) is 12.4. The van der Waals surface area contributed by atoms with E-state index in [0.29, 0.717) is 25.3 Å². The van der Waals surface area contributed by atoms with Gasteiger partial charge in [-0.3, -0.25) is 9.59 Å². The zero-order chi connectivity index (χ0) is 24.2. The Hall–Kier alpha value is -3.19. The van der Waals surface area contributed by atoms with Crippen molar-refractivity contribution in [3.05, 3.63) is 86.9 Å². The molecule has 1 aromatic heterocycles. The average Bonchev–Trinajstić information content (AvgIpc) is 3.31. The van der Waals surface area contributed by atoms with Gasteiger partial charge >= 0.3 is 0 Å². The molecule has 0 N–H and O–H groups in total. The van der Waals surface area contributed by atoms with Gasteiger partial charge in [-0.25, -0.2) is 4.39 Å². The zero-order valence-electron chi connectivity index (χ0n) is 19.7. The number of carbonyl (C=O) groups is 2. The van der Waals surface area contributed by atoms with Gasteiger partial charge in [0.25, 0.3) is 5.91 Å². The number of thiophene rings is 1. The molecule has 0 bridgehead atoms. The maximum Gasteiger partial charge on any atom is 0.254 e. The fraction of sp³-hybridized carbons (Fsp3) is 0.333. The van der Waals surface area contributed by atoms with Crippen LogP contribution in [0, 0.1) is 19.7 Å². The molecule has 0 spiro atoms. The van der Waals surface area contributed by atoms with Crippen molar-refractivity contribution in [1.29, 1.82) is 0 Å². The molecule has 178 valence electrons. The number of carbonyl (C=O) groups excluding carboxylic acids is 2. The third-order valence-corrected chi connectivity index (χ3v) is 7.23. The second kappa shape index (κ2) is 10.4. The molecule has 2 amide bonds. The van der Waals surface area contributed by atoms with E-state index in [1.54, 1.807) is 11.3 Å². The van der Waals surface area contributed by atoms with Gasteiger partial charge in [-0.1, -0.05) is 17.7 Å². The van der Waals surface area contributed by atoms with Gasteiger partial charge in [0, 0.05) is 23.5 Å². The van der Waals surface area contributed by atoms with Crippen molar-refractivity contribution in [3.8, 4) is 5.75 Å². The summed E-state index contributed by atoms with van der Waals surface area (Å²) < 4.78 is 19.5. The molecule has 0 unspecified atom stereocenters. The molecule has 0 radical (unpaired) electrons. The van der Waals surface area contributed by atoms with Crippen LogP contribution < -0.4 is 4.74 Å². The summed E-state index contributed by atoms with van der Waals surface area (Å²) in [5.41, 5.74) is 3.71. The SMILES string of the molecule is CCN(CC(=O)N1CCc2sccc2[C@H]1COc1ccc(C)cc1C)C(=O)c1ccc(F)cc1. The van der Waals surface area contributed by atoms with Gasteiger partial charge in [-0.2, -0.15) is 0 Å². The molecular formula is C27H29FN2O3S. The Kier molecular flexibility index (Phi) is 7.32. The molecule has 3 aromatic rings. The lowest BCUT2D eigenvalue weighted by Gasteiger charge is -2.37. The number of hydrogen-bond acceptors (Lipinski definition) is 4. The van der Waals surface area contributed by atoms with E-state index in [1.807, 2.05) is 37.8 Å². The van der Waals surface area contributed by atoms with E-state index in [4.69, 9.17) is 4.74 Å². The van der Waals surface area contributed by atoms with Crippen molar-refractivity contribution in [3.63, 3.8) is 0 Å². The van der Waals surface area contributed by atoms with Gasteiger partial charge in [-0.05, 0) is 80.1 Å². The number of amides is 2. The smallest absolute Gasteiger partial charge is 0.254 e. The molecule has 2 aromatic carbocycles. The highest BCUT2D eigenvalue weighted by molar-refractivity contribution is 7.10. The Balaban J connectivity index is 1.51. The molecule has 4 rings (SSSR count). The quantitative estimate of drug-likeness (QED) is 0.469. The first-order chi connectivity index (χ1) is 16.4. The Morgan fingerprint density at radius 1 is 1.15 bits per heavy atom. The Labute approximate surface area is 203 Å². The van der Waals surface area contributed by atoms with Crippen molar-refractivity contribution >= 4 is 23.2 Å². The average molecular weight is 481 g/mol. The van der Waals surface area contributed by atoms with Crippen molar-refractivity contribution in [2.24, 2.45) is 0 Å². The molecule has 34 heavy (non-hydrogen) atoms. The highest BCUT2D eigenvalue weighted by Gasteiger charge is 2.33. The van der Waals surface area contributed by atoms with E-state index in [1.165, 1.54) is 39.6 Å². The van der Waals surface area contributed by atoms with Gasteiger partial charge in [-0.15, -0.1) is 11.3 Å². The van der Waals surface area contributed by atoms with Crippen LogP contribution in [-0.4, -0.2) is 47.9 Å². The highest BCUT2D eigenvalue weighted by atomic mass is 32.1. The normalized spacial score (nSPS) is 15.1. The van der Waals surface area contributed by atoms with Gasteiger partial charge in [0.15, 0.2) is 0 Å². The number of benzene rings is 2. The predicted octanol–water partition coefficient (Wildman–Crippen LogP) is 5.17. The molecule has 7 heteroatoms. The molecule has 1 aliphatic heterocycles. The Morgan fingerprint density at radius 3 is 2.62 bits per heavy atom. The number of nitrogens with zero attached hydrogens (tertiary/aromatic N) is 2. The molecule has 0 fully saturated rings. The van der Waals surface area contributed by atoms with Crippen LogP contribution in [0.15, 0.2) is 53.9 Å². The molecule has 1 aliphatic rings. The summed E-state index contributed by atoms with van der Waals surface area (Å²) in [5.74, 6) is -0.000194. The molecular weight excluding hydrogens is 451 g/mol. The van der Waals surface area contributed by atoms with Gasteiger partial charge < -0.3 is 14.5 Å². The van der Waals surface area contributed by atoms with Crippen molar-refractivity contribution in [2.45, 2.75) is 33.2 Å². The summed E-state index contributed by atoms with van der Waals surface area (Å²) in [7, 11) is 0. The van der Waals surface area contributed by atoms with Crippen LogP contribution in [-0.2, 0) is 11.2 Å². The minimum absolute atomic E-state index is 0.0355. The van der Waals surface area contributed by atoms with E-state index in [-0.39, 0.29) is 24.4 Å². The zero-order valence-corrected chi connectivity index (χ0v) is 20.5. The van der Waals surface area contributed by atoms with Gasteiger partial charge in [0.1, 0.15) is 24.7 Å². The maximum absolute atomic E-state index is 13.4. The Morgan fingerprint density at radius 2 is 1.91 bits per heavy atom. The van der Waals surface area contributed by atoms with Gasteiger partial charge in [0.2, 0.25) is 5.91 Å². The highest BCUT2D eigenvalue weighted by Crippen LogP contribution is 2.34. The van der Waals surface area contributed by atoms with Crippen LogP contribution in [0.2, 0.25) is 0 Å². The first-order valence-electron chi connectivity index (χ1n) is 11.5. The summed E-state index contributed by atoms with van der Waals surface area (Å²) in [6, 6.07) is 13.3. The van der Waals surface area contributed by atoms with E-state index in [2.05, 4.69) is 17.5 Å². The molecule has 0 saturated heterocycles. The summed E-state index contributed by atoms with van der Waals surface area (Å²) in [4.78, 5) is 31.0. The lowest BCUT2D eigenvalue weighted by atomic mass is 10.00. The van der Waals surface area contributed by atoms with Gasteiger partial charge in [0.05, 0.1) is 6.04 Å². The molecule has 5 nitrogen and oxygen atoms in total. The van der Waals surface area contributed by atoms with Crippen LogP contribution in [0.1, 0.15) is 44.9 Å². The topological polar surface area (TPSA) is 49.9 Å². The lowest BCUT2D eigenvalue weighted by molar-refractivity contribution is -0.135. The van der Waals surface area contributed by atoms with Crippen LogP contribution in [0.25, 0.3) is 0 Å². The first kappa shape index (κ1) is 24.0. The van der Waals surface area contributed by atoms with E-state index in [0.717, 1.165) is 23.3 Å². The molecule has 0 aliphatic carbocycles. The van der Waals surface area contributed by atoms with Crippen LogP contribution in [0.5, 0.6) is 5.75 Å². The maximum atomic E-state index is 13.4. The van der Waals surface area contributed by atoms with Crippen LogP contribution in [0.3, 0.4) is 0 Å². The van der Waals surface area contributed by atoms with Crippen LogP contribution in [0.4, 0.5) is 4.39 Å². The number of likely N-dealkylation sites (N-methyl/N-ethyl adjacent to an activating group) is 1. The minimum Gasteiger partial charge on any atom is -0.491 e. The monoisotopic (exact) mass is 480 g/mol. The van der Waals surface area contributed by atoms with E-state index < -0.39 is 5.82 Å². The fourth-order valence-corrected chi connectivity index (χ4v) is 5.29. The third-order valence-electron chi connectivity index (χ3n) is 6.23. The number of rotatable bonds is 7. The molecule has 2 heterocycles. The molecule has 1 atom stereocenters. The van der Waals surface area contributed by atoms with E-state index >= 15 is 0 Å². The lowest BCUT2D eigenvalue weighted by Crippen LogP contribution is -2.47. The molecule has 0 saturated carbocycles. The second-order valence-electron chi connectivity index (χ2n) is 8.56. The number of halogens is 1. The number of aryl methyl sites for hydroxylation is 2. The van der Waals surface area contributed by atoms with Crippen molar-refractivity contribution < 1.29 is 18.7 Å². The minimum atomic E-state index is -0.401. The summed E-state index contributed by atoms with van der Waals surface area (Å²) >= 11 is 1.70. The largest absolute Gasteiger partial charge is 0.491 e. The van der Waals surface area contributed by atoms with Crippen molar-refractivity contribution in [2.75, 3.05) is 26.2 Å². The summed E-state index contributed by atoms with van der Waals surface area (Å²) in [6.45, 7) is 7.16. The second-order valence-corrected chi connectivity index (χ2v) is 9.56. The third kappa shape index (κ3) is 5.14. The van der Waals surface area contributed by atoms with Crippen molar-refractivity contribution in [1.82, 2.24) is 9.80 Å². The number of hydrogen-bond donors (Lipinski definition) is 0. The van der Waals surface area contributed by atoms with Crippen LogP contribution >= 0.6 is 11.3 Å². The standard InChI is InChI=1S/C27H29FN2O3S/c1-4-29(27(32)20-6-8-21(28)9-7-20)16-26(31)30-13-11-25-22(12-14-34-25)23(30)17-33-24-10-5-18(2)15-19(24)3/h5-10,12,14-15,23H,4,11,13,16-17H2,1-3H3/t23-/m1/s1. The van der Waals surface area contributed by atoms with E-state index in [9.17, 15) is 14.0 Å². The fourth-order valence-electron chi connectivity index (χ4n) is 4.36. The summed E-state index contributed by atoms with van der Waals surface area (Å²) in [6.07, 6.45) is 0.789. The number of fused-ring (bicyclic) bond motifs is 1. The number of ether oxygens (including phenoxy) is 1.